The highest BCUT2D eigenvalue weighted by molar-refractivity contribution is 5.89. The summed E-state index contributed by atoms with van der Waals surface area (Å²) >= 11 is 0. The average molecular weight is 504 g/mol. The van der Waals surface area contributed by atoms with Crippen molar-refractivity contribution in [1.82, 2.24) is 10.2 Å². The molecule has 2 unspecified atom stereocenters. The van der Waals surface area contributed by atoms with E-state index in [1.807, 2.05) is 62.4 Å². The van der Waals surface area contributed by atoms with Crippen molar-refractivity contribution in [2.75, 3.05) is 7.11 Å². The highest BCUT2D eigenvalue weighted by Gasteiger charge is 2.32. The number of methoxy groups -OCH3 is 1. The number of hydrogen-bond acceptors (Lipinski definition) is 5. The van der Waals surface area contributed by atoms with Gasteiger partial charge in [-0.05, 0) is 36.6 Å². The van der Waals surface area contributed by atoms with Gasteiger partial charge >= 0.3 is 0 Å². The quantitative estimate of drug-likeness (QED) is 0.285. The fourth-order valence-corrected chi connectivity index (χ4v) is 4.07. The van der Waals surface area contributed by atoms with Gasteiger partial charge in [-0.15, -0.1) is 0 Å². The smallest absolute Gasteiger partial charge is 0.273 e. The third-order valence-electron chi connectivity index (χ3n) is 6.29. The van der Waals surface area contributed by atoms with E-state index in [1.165, 1.54) is 11.0 Å². The van der Waals surface area contributed by atoms with Gasteiger partial charge < -0.3 is 15.0 Å². The van der Waals surface area contributed by atoms with Crippen LogP contribution in [0, 0.1) is 10.1 Å². The Hall–Kier alpha value is -4.20. The molecule has 0 spiro atoms. The molecule has 0 radical (unpaired) electrons. The van der Waals surface area contributed by atoms with Crippen molar-refractivity contribution < 1.29 is 19.2 Å². The Balaban J connectivity index is 2.03. The average Bonchev–Trinajstić information content (AvgIpc) is 2.91. The minimum absolute atomic E-state index is 0.0743. The number of hydrogen-bond donors (Lipinski definition) is 1. The van der Waals surface area contributed by atoms with Crippen molar-refractivity contribution in [3.63, 3.8) is 0 Å². The first-order valence-electron chi connectivity index (χ1n) is 12.3. The van der Waals surface area contributed by atoms with Crippen LogP contribution in [0.3, 0.4) is 0 Å². The molecule has 0 saturated carbocycles. The zero-order valence-corrected chi connectivity index (χ0v) is 21.4. The number of carbonyl (C=O) groups excluding carboxylic acids is 2. The maximum absolute atomic E-state index is 13.8. The summed E-state index contributed by atoms with van der Waals surface area (Å²) in [7, 11) is 1.56. The molecule has 8 heteroatoms. The summed E-state index contributed by atoms with van der Waals surface area (Å²) in [5.74, 6) is -0.0124. The number of amides is 2. The Kier molecular flexibility index (Phi) is 9.77. The van der Waals surface area contributed by atoms with Gasteiger partial charge in [0.2, 0.25) is 11.8 Å². The van der Waals surface area contributed by atoms with E-state index in [9.17, 15) is 19.7 Å². The predicted octanol–water partition coefficient (Wildman–Crippen LogP) is 4.70. The van der Waals surface area contributed by atoms with Crippen LogP contribution in [0.2, 0.25) is 0 Å². The lowest BCUT2D eigenvalue weighted by Gasteiger charge is -2.32. The van der Waals surface area contributed by atoms with Crippen LogP contribution in [0.15, 0.2) is 78.9 Å². The van der Waals surface area contributed by atoms with Crippen LogP contribution < -0.4 is 10.1 Å². The zero-order chi connectivity index (χ0) is 26.8. The normalized spacial score (nSPS) is 12.3. The van der Waals surface area contributed by atoms with Crippen LogP contribution in [-0.2, 0) is 29.0 Å². The number of nitrogens with one attached hydrogen (secondary N) is 1. The van der Waals surface area contributed by atoms with E-state index >= 15 is 0 Å². The zero-order valence-electron chi connectivity index (χ0n) is 21.4. The van der Waals surface area contributed by atoms with Gasteiger partial charge in [-0.2, -0.15) is 0 Å². The Morgan fingerprint density at radius 1 is 1.00 bits per heavy atom. The molecular formula is C29H33N3O5. The highest BCUT2D eigenvalue weighted by atomic mass is 16.6. The summed E-state index contributed by atoms with van der Waals surface area (Å²) in [6.07, 6.45) is 0.836. The van der Waals surface area contributed by atoms with Crippen molar-refractivity contribution in [3.05, 3.63) is 106 Å². The molecule has 0 saturated heterocycles. The first-order valence-corrected chi connectivity index (χ1v) is 12.3. The highest BCUT2D eigenvalue weighted by Crippen LogP contribution is 2.23. The van der Waals surface area contributed by atoms with Crippen LogP contribution >= 0.6 is 0 Å². The van der Waals surface area contributed by atoms with E-state index < -0.39 is 11.0 Å². The molecule has 8 nitrogen and oxygen atoms in total. The number of nitro benzene ring substituents is 1. The summed E-state index contributed by atoms with van der Waals surface area (Å²) < 4.78 is 5.35. The second-order valence-electron chi connectivity index (χ2n) is 8.96. The van der Waals surface area contributed by atoms with Crippen LogP contribution in [0.5, 0.6) is 5.75 Å². The first kappa shape index (κ1) is 27.4. The Labute approximate surface area is 217 Å². The summed E-state index contributed by atoms with van der Waals surface area (Å²) in [6.45, 7) is 4.03. The van der Waals surface area contributed by atoms with Crippen molar-refractivity contribution in [2.24, 2.45) is 0 Å². The van der Waals surface area contributed by atoms with Gasteiger partial charge in [0.25, 0.3) is 5.69 Å². The molecule has 1 N–H and O–H groups in total. The van der Waals surface area contributed by atoms with Crippen LogP contribution in [-0.4, -0.2) is 40.8 Å². The summed E-state index contributed by atoms with van der Waals surface area (Å²) in [5, 5.41) is 14.6. The lowest BCUT2D eigenvalue weighted by molar-refractivity contribution is -0.385. The van der Waals surface area contributed by atoms with Crippen molar-refractivity contribution in [2.45, 2.75) is 51.7 Å². The van der Waals surface area contributed by atoms with Gasteiger partial charge in [0.05, 0.1) is 18.5 Å². The molecule has 3 aromatic rings. The Bertz CT molecular complexity index is 1210. The van der Waals surface area contributed by atoms with Gasteiger partial charge in [-0.25, -0.2) is 0 Å². The Morgan fingerprint density at radius 2 is 1.68 bits per heavy atom. The number of carbonyl (C=O) groups is 2. The molecule has 0 aliphatic carbocycles. The lowest BCUT2D eigenvalue weighted by Crippen LogP contribution is -2.52. The molecule has 2 amide bonds. The van der Waals surface area contributed by atoms with E-state index in [0.717, 1.165) is 17.5 Å². The molecule has 0 aliphatic rings. The first-order chi connectivity index (χ1) is 17.8. The Morgan fingerprint density at radius 3 is 2.35 bits per heavy atom. The predicted molar refractivity (Wildman–Crippen MR) is 142 cm³/mol. The molecule has 2 atom stereocenters. The molecule has 0 heterocycles. The minimum Gasteiger partial charge on any atom is -0.497 e. The summed E-state index contributed by atoms with van der Waals surface area (Å²) in [4.78, 5) is 40.0. The summed E-state index contributed by atoms with van der Waals surface area (Å²) in [6, 6.07) is 22.1. The molecule has 194 valence electrons. The largest absolute Gasteiger partial charge is 0.497 e. The molecule has 0 aromatic heterocycles. The fraction of sp³-hybridized carbons (Fsp3) is 0.310. The molecular weight excluding hydrogens is 470 g/mol. The maximum atomic E-state index is 13.8. The number of ether oxygens (including phenoxy) is 1. The monoisotopic (exact) mass is 503 g/mol. The second kappa shape index (κ2) is 13.2. The van der Waals surface area contributed by atoms with E-state index in [1.54, 1.807) is 31.4 Å². The van der Waals surface area contributed by atoms with Crippen LogP contribution in [0.4, 0.5) is 5.69 Å². The third-order valence-corrected chi connectivity index (χ3v) is 6.29. The molecule has 0 fully saturated rings. The molecule has 3 rings (SSSR count). The number of rotatable bonds is 12. The summed E-state index contributed by atoms with van der Waals surface area (Å²) in [5.41, 5.74) is 1.86. The molecule has 3 aromatic carbocycles. The van der Waals surface area contributed by atoms with Crippen LogP contribution in [0.25, 0.3) is 0 Å². The molecule has 0 aliphatic heterocycles. The fourth-order valence-electron chi connectivity index (χ4n) is 4.07. The van der Waals surface area contributed by atoms with E-state index in [-0.39, 0.29) is 36.5 Å². The number of nitro groups is 1. The maximum Gasteiger partial charge on any atom is 0.273 e. The lowest BCUT2D eigenvalue weighted by atomic mass is 10.0. The van der Waals surface area contributed by atoms with E-state index in [4.69, 9.17) is 4.74 Å². The number of para-hydroxylation sites is 1. The molecule has 37 heavy (non-hydrogen) atoms. The van der Waals surface area contributed by atoms with Gasteiger partial charge in [0.15, 0.2) is 0 Å². The van der Waals surface area contributed by atoms with Crippen molar-refractivity contribution in [3.8, 4) is 5.75 Å². The van der Waals surface area contributed by atoms with Gasteiger partial charge in [0.1, 0.15) is 11.8 Å². The minimum atomic E-state index is -0.821. The van der Waals surface area contributed by atoms with Gasteiger partial charge in [0, 0.05) is 30.6 Å². The number of nitrogens with zero attached hydrogens (tertiary/aromatic N) is 2. The van der Waals surface area contributed by atoms with Crippen LogP contribution in [0.1, 0.15) is 37.0 Å². The van der Waals surface area contributed by atoms with Gasteiger partial charge in [-0.3, -0.25) is 19.7 Å². The van der Waals surface area contributed by atoms with Crippen molar-refractivity contribution >= 4 is 17.5 Å². The SMILES string of the molecule is CCC(C)NC(=O)C(Cc1ccccc1)N(Cc1cccc(OC)c1)C(=O)Cc1ccccc1[N+](=O)[O-]. The second-order valence-corrected chi connectivity index (χ2v) is 8.96. The molecule has 0 bridgehead atoms. The van der Waals surface area contributed by atoms with Gasteiger partial charge in [-0.1, -0.05) is 67.6 Å². The number of benzene rings is 3. The van der Waals surface area contributed by atoms with E-state index in [0.29, 0.717) is 17.7 Å². The topological polar surface area (TPSA) is 102 Å². The van der Waals surface area contributed by atoms with E-state index in [2.05, 4.69) is 5.32 Å². The standard InChI is InChI=1S/C29H33N3O5/c1-4-21(2)30-29(34)27(18-22-11-6-5-7-12-22)31(20-23-13-10-15-25(17-23)37-3)28(33)19-24-14-8-9-16-26(24)32(35)36/h5-17,21,27H,4,18-20H2,1-3H3,(H,30,34). The van der Waals surface area contributed by atoms with Crippen molar-refractivity contribution in [1.29, 1.82) is 0 Å². The third kappa shape index (κ3) is 7.64.